The number of nitrogens with zero attached hydrogens (tertiary/aromatic N) is 1. The van der Waals surface area contributed by atoms with Gasteiger partial charge in [0.2, 0.25) is 0 Å². The number of benzene rings is 10. The van der Waals surface area contributed by atoms with Crippen molar-refractivity contribution < 1.29 is 0 Å². The summed E-state index contributed by atoms with van der Waals surface area (Å²) in [6, 6.07) is 89.3. The summed E-state index contributed by atoms with van der Waals surface area (Å²) in [5.41, 5.74) is 26.3. The Labute approximate surface area is 387 Å². The second-order valence-electron chi connectivity index (χ2n) is 19.1. The van der Waals surface area contributed by atoms with Crippen LogP contribution in [0.3, 0.4) is 0 Å². The lowest BCUT2D eigenvalue weighted by Gasteiger charge is -2.48. The minimum atomic E-state index is -0.527. The molecule has 1 heteroatoms. The maximum Gasteiger partial charge on any atom is 0.0720 e. The largest absolute Gasteiger partial charge is 0.310 e. The number of hydrogen-bond acceptors (Lipinski definition) is 1. The maximum absolute atomic E-state index is 2.46. The van der Waals surface area contributed by atoms with Crippen LogP contribution in [0.1, 0.15) is 69.5 Å². The minimum absolute atomic E-state index is 0.0483. The molecule has 10 aromatic carbocycles. The van der Waals surface area contributed by atoms with Gasteiger partial charge in [-0.2, -0.15) is 0 Å². The highest BCUT2D eigenvalue weighted by atomic mass is 15.1. The van der Waals surface area contributed by atoms with Crippen molar-refractivity contribution in [3.8, 4) is 44.5 Å². The number of fused-ring (bicyclic) bond motifs is 19. The molecule has 0 heterocycles. The molecule has 2 spiro atoms. The summed E-state index contributed by atoms with van der Waals surface area (Å²) >= 11 is 0. The first-order chi connectivity index (χ1) is 32.5. The molecular weight excluding hydrogens is 795 g/mol. The molecule has 1 nitrogen and oxygen atoms in total. The second kappa shape index (κ2) is 13.5. The van der Waals surface area contributed by atoms with Gasteiger partial charge < -0.3 is 4.90 Å². The van der Waals surface area contributed by atoms with Crippen molar-refractivity contribution >= 4 is 17.1 Å². The standard InChI is InChI=1S/C65H45N/c1-63(2)53-24-10-6-20-47(53)51-38-34-43(40-62(51)63)42-32-35-45(36-33-42)66(44-18-4-3-5-19-44)46-37-39-57-52(41-46)50-23-9-13-27-56(50)65(57)60-30-16-14-28-58(60)64(59-29-15-17-31-61(59)65)54-25-11-7-21-48(54)49-22-8-12-26-55(49)64/h3-41H,1-2H3. The second-order valence-corrected chi connectivity index (χ2v) is 19.1. The van der Waals surface area contributed by atoms with Crippen LogP contribution in [0.2, 0.25) is 0 Å². The summed E-state index contributed by atoms with van der Waals surface area (Å²) in [6.07, 6.45) is 0. The third-order valence-corrected chi connectivity index (χ3v) is 15.8. The van der Waals surface area contributed by atoms with Gasteiger partial charge in [-0.15, -0.1) is 0 Å². The van der Waals surface area contributed by atoms with Crippen LogP contribution < -0.4 is 4.90 Å². The number of rotatable bonds is 4. The van der Waals surface area contributed by atoms with E-state index in [1.165, 1.54) is 100 Å². The van der Waals surface area contributed by atoms with Gasteiger partial charge in [-0.05, 0) is 143 Å². The Hall–Kier alpha value is -8.00. The first-order valence-corrected chi connectivity index (χ1v) is 23.3. The molecule has 4 aliphatic carbocycles. The zero-order chi connectivity index (χ0) is 43.8. The first-order valence-electron chi connectivity index (χ1n) is 23.3. The van der Waals surface area contributed by atoms with E-state index in [1.807, 2.05) is 0 Å². The Morgan fingerprint density at radius 1 is 0.242 bits per heavy atom. The molecule has 0 saturated carbocycles. The number of para-hydroxylation sites is 1. The lowest BCUT2D eigenvalue weighted by Crippen LogP contribution is -2.43. The van der Waals surface area contributed by atoms with Crippen molar-refractivity contribution in [2.24, 2.45) is 0 Å². The Kier molecular flexibility index (Phi) is 7.66. The fourth-order valence-electron chi connectivity index (χ4n) is 13.1. The Morgan fingerprint density at radius 3 is 1.14 bits per heavy atom. The highest BCUT2D eigenvalue weighted by Crippen LogP contribution is 2.67. The normalized spacial score (nSPS) is 15.2. The minimum Gasteiger partial charge on any atom is -0.310 e. The van der Waals surface area contributed by atoms with Crippen LogP contribution in [0.25, 0.3) is 44.5 Å². The van der Waals surface area contributed by atoms with Gasteiger partial charge in [0.15, 0.2) is 0 Å². The van der Waals surface area contributed by atoms with Crippen LogP contribution >= 0.6 is 0 Å². The van der Waals surface area contributed by atoms with Crippen LogP contribution in [0.5, 0.6) is 0 Å². The molecular formula is C65H45N. The van der Waals surface area contributed by atoms with Gasteiger partial charge in [0, 0.05) is 22.5 Å². The third kappa shape index (κ3) is 4.69. The highest BCUT2D eigenvalue weighted by molar-refractivity contribution is 5.95. The van der Waals surface area contributed by atoms with E-state index in [1.54, 1.807) is 0 Å². The van der Waals surface area contributed by atoms with E-state index in [0.29, 0.717) is 0 Å². The van der Waals surface area contributed by atoms with E-state index in [-0.39, 0.29) is 5.41 Å². The van der Waals surface area contributed by atoms with Crippen LogP contribution in [0.4, 0.5) is 17.1 Å². The van der Waals surface area contributed by atoms with E-state index < -0.39 is 10.8 Å². The van der Waals surface area contributed by atoms with Gasteiger partial charge in [0.05, 0.1) is 10.8 Å². The molecule has 0 saturated heterocycles. The van der Waals surface area contributed by atoms with Crippen molar-refractivity contribution in [2.45, 2.75) is 30.1 Å². The lowest BCUT2D eigenvalue weighted by atomic mass is 9.52. The van der Waals surface area contributed by atoms with Crippen LogP contribution in [-0.2, 0) is 16.2 Å². The van der Waals surface area contributed by atoms with E-state index in [2.05, 4.69) is 255 Å². The van der Waals surface area contributed by atoms with Crippen LogP contribution in [0, 0.1) is 0 Å². The summed E-state index contributed by atoms with van der Waals surface area (Å²) in [4.78, 5) is 2.42. The van der Waals surface area contributed by atoms with E-state index >= 15 is 0 Å². The SMILES string of the molecule is CC1(C)c2ccccc2-c2ccc(-c3ccc(N(c4ccccc4)c4ccc5c(c4)-c4ccccc4C54c5ccccc5C5(c6ccccc6-c6ccccc65)c5ccccc54)cc3)cc21. The highest BCUT2D eigenvalue weighted by Gasteiger charge is 2.58. The molecule has 0 bridgehead atoms. The fourth-order valence-corrected chi connectivity index (χ4v) is 13.1. The predicted octanol–water partition coefficient (Wildman–Crippen LogP) is 16.2. The lowest BCUT2D eigenvalue weighted by molar-refractivity contribution is 0.633. The molecule has 66 heavy (non-hydrogen) atoms. The van der Waals surface area contributed by atoms with E-state index in [4.69, 9.17) is 0 Å². The molecule has 0 radical (unpaired) electrons. The van der Waals surface area contributed by atoms with Crippen LogP contribution in [-0.4, -0.2) is 0 Å². The van der Waals surface area contributed by atoms with Gasteiger partial charge in [0.1, 0.15) is 0 Å². The van der Waals surface area contributed by atoms with Gasteiger partial charge in [-0.25, -0.2) is 0 Å². The average Bonchev–Trinajstić information content (AvgIpc) is 3.93. The Balaban J connectivity index is 0.942. The van der Waals surface area contributed by atoms with Gasteiger partial charge >= 0.3 is 0 Å². The Bertz CT molecular complexity index is 3530. The van der Waals surface area contributed by atoms with Crippen molar-refractivity contribution in [3.63, 3.8) is 0 Å². The summed E-state index contributed by atoms with van der Waals surface area (Å²) in [5.74, 6) is 0. The average molecular weight is 840 g/mol. The van der Waals surface area contributed by atoms with Gasteiger partial charge in [-0.1, -0.05) is 208 Å². The summed E-state index contributed by atoms with van der Waals surface area (Å²) in [5, 5.41) is 0. The number of hydrogen-bond donors (Lipinski definition) is 0. The third-order valence-electron chi connectivity index (χ3n) is 15.8. The van der Waals surface area contributed by atoms with Crippen molar-refractivity contribution in [3.05, 3.63) is 292 Å². The van der Waals surface area contributed by atoms with Crippen LogP contribution in [0.15, 0.2) is 237 Å². The van der Waals surface area contributed by atoms with E-state index in [0.717, 1.165) is 17.1 Å². The zero-order valence-corrected chi connectivity index (χ0v) is 37.0. The maximum atomic E-state index is 2.46. The number of anilines is 3. The predicted molar refractivity (Wildman–Crippen MR) is 272 cm³/mol. The quantitative estimate of drug-likeness (QED) is 0.171. The molecule has 14 rings (SSSR count). The molecule has 10 aromatic rings. The molecule has 0 unspecified atom stereocenters. The Morgan fingerprint density at radius 2 is 0.606 bits per heavy atom. The molecule has 0 aromatic heterocycles. The van der Waals surface area contributed by atoms with Crippen molar-refractivity contribution in [1.29, 1.82) is 0 Å². The molecule has 0 aliphatic heterocycles. The fraction of sp³-hybridized carbons (Fsp3) is 0.0769. The molecule has 0 atom stereocenters. The molecule has 0 fully saturated rings. The van der Waals surface area contributed by atoms with Gasteiger partial charge in [0.25, 0.3) is 0 Å². The molecule has 4 aliphatic rings. The first kappa shape index (κ1) is 37.4. The molecule has 0 amide bonds. The topological polar surface area (TPSA) is 3.24 Å². The zero-order valence-electron chi connectivity index (χ0n) is 37.0. The van der Waals surface area contributed by atoms with Crippen molar-refractivity contribution in [2.75, 3.05) is 4.90 Å². The summed E-state index contributed by atoms with van der Waals surface area (Å²) in [7, 11) is 0. The molecule has 0 N–H and O–H groups in total. The summed E-state index contributed by atoms with van der Waals surface area (Å²) < 4.78 is 0. The molecule has 310 valence electrons. The van der Waals surface area contributed by atoms with Gasteiger partial charge in [-0.3, -0.25) is 0 Å². The van der Waals surface area contributed by atoms with E-state index in [9.17, 15) is 0 Å². The monoisotopic (exact) mass is 839 g/mol. The van der Waals surface area contributed by atoms with Crippen molar-refractivity contribution in [1.82, 2.24) is 0 Å². The smallest absolute Gasteiger partial charge is 0.0720 e. The summed E-state index contributed by atoms with van der Waals surface area (Å²) in [6.45, 7) is 4.71.